The van der Waals surface area contributed by atoms with Gasteiger partial charge in [0, 0.05) is 31.6 Å². The first-order chi connectivity index (χ1) is 10.2. The number of ether oxygens (including phenoxy) is 2. The van der Waals surface area contributed by atoms with Crippen LogP contribution in [0.5, 0.6) is 0 Å². The molecule has 5 nitrogen and oxygen atoms in total. The Bertz CT molecular complexity index is 485. The molecule has 114 valence electrons. The summed E-state index contributed by atoms with van der Waals surface area (Å²) in [4.78, 5) is 14.2. The second kappa shape index (κ2) is 6.13. The largest absolute Gasteiger partial charge is 0.347 e. The quantitative estimate of drug-likeness (QED) is 0.922. The first-order valence-electron chi connectivity index (χ1n) is 7.52. The molecule has 2 aliphatic heterocycles. The summed E-state index contributed by atoms with van der Waals surface area (Å²) in [6, 6.07) is 7.85. The van der Waals surface area contributed by atoms with Gasteiger partial charge in [-0.25, -0.2) is 0 Å². The van der Waals surface area contributed by atoms with E-state index in [-0.39, 0.29) is 11.7 Å². The molecule has 2 heterocycles. The van der Waals surface area contributed by atoms with Crippen LogP contribution < -0.4 is 5.32 Å². The second-order valence-corrected chi connectivity index (χ2v) is 5.80. The van der Waals surface area contributed by atoms with Gasteiger partial charge in [0.25, 0.3) is 0 Å². The molecule has 1 N–H and O–H groups in total. The molecule has 0 radical (unpaired) electrons. The van der Waals surface area contributed by atoms with Crippen molar-refractivity contribution in [1.82, 2.24) is 4.90 Å². The molecule has 1 amide bonds. The summed E-state index contributed by atoms with van der Waals surface area (Å²) in [6.45, 7) is 5.50. The summed E-state index contributed by atoms with van der Waals surface area (Å²) in [5.41, 5.74) is 2.03. The van der Waals surface area contributed by atoms with Crippen LogP contribution in [-0.4, -0.2) is 49.4 Å². The number of nitrogens with zero attached hydrogens (tertiary/aromatic N) is 1. The number of nitrogens with one attached hydrogen (secondary N) is 1. The summed E-state index contributed by atoms with van der Waals surface area (Å²) in [5.74, 6) is -0.340. The van der Waals surface area contributed by atoms with E-state index in [0.29, 0.717) is 19.8 Å². The number of hydrogen-bond donors (Lipinski definition) is 1. The third-order valence-electron chi connectivity index (χ3n) is 4.13. The number of carbonyl (C=O) groups excluding carboxylic acids is 1. The SMILES string of the molecule is Cc1ccc(NC(=O)CN2CCC3(CC2)OCCO3)cc1. The van der Waals surface area contributed by atoms with Crippen molar-refractivity contribution in [2.24, 2.45) is 0 Å². The second-order valence-electron chi connectivity index (χ2n) is 5.80. The molecule has 0 atom stereocenters. The van der Waals surface area contributed by atoms with Crippen molar-refractivity contribution in [2.45, 2.75) is 25.6 Å². The number of aryl methyl sites for hydroxylation is 1. The summed E-state index contributed by atoms with van der Waals surface area (Å²) in [7, 11) is 0. The van der Waals surface area contributed by atoms with E-state index in [1.807, 2.05) is 31.2 Å². The molecule has 1 aromatic rings. The van der Waals surface area contributed by atoms with Crippen molar-refractivity contribution in [1.29, 1.82) is 0 Å². The Kier molecular flexibility index (Phi) is 4.24. The van der Waals surface area contributed by atoms with Gasteiger partial charge in [0.15, 0.2) is 5.79 Å². The van der Waals surface area contributed by atoms with Gasteiger partial charge in [-0.3, -0.25) is 9.69 Å². The minimum atomic E-state index is -0.371. The Morgan fingerprint density at radius 3 is 2.43 bits per heavy atom. The topological polar surface area (TPSA) is 50.8 Å². The molecule has 0 unspecified atom stereocenters. The Morgan fingerprint density at radius 2 is 1.81 bits per heavy atom. The maximum Gasteiger partial charge on any atom is 0.238 e. The average molecular weight is 290 g/mol. The fraction of sp³-hybridized carbons (Fsp3) is 0.562. The fourth-order valence-electron chi connectivity index (χ4n) is 2.88. The molecule has 0 bridgehead atoms. The van der Waals surface area contributed by atoms with E-state index in [1.54, 1.807) is 0 Å². The zero-order chi connectivity index (χ0) is 14.7. The molecule has 21 heavy (non-hydrogen) atoms. The molecule has 3 rings (SSSR count). The van der Waals surface area contributed by atoms with Gasteiger partial charge in [-0.2, -0.15) is 0 Å². The van der Waals surface area contributed by atoms with Gasteiger partial charge < -0.3 is 14.8 Å². The monoisotopic (exact) mass is 290 g/mol. The van der Waals surface area contributed by atoms with Crippen LogP contribution in [0.1, 0.15) is 18.4 Å². The molecular weight excluding hydrogens is 268 g/mol. The van der Waals surface area contributed by atoms with Crippen molar-refractivity contribution in [3.05, 3.63) is 29.8 Å². The molecule has 2 fully saturated rings. The number of hydrogen-bond acceptors (Lipinski definition) is 4. The highest BCUT2D eigenvalue weighted by atomic mass is 16.7. The van der Waals surface area contributed by atoms with Crippen LogP contribution in [0, 0.1) is 6.92 Å². The lowest BCUT2D eigenvalue weighted by Crippen LogP contribution is -2.47. The predicted molar refractivity (Wildman–Crippen MR) is 80.1 cm³/mol. The Balaban J connectivity index is 1.46. The van der Waals surface area contributed by atoms with Crippen LogP contribution in [-0.2, 0) is 14.3 Å². The number of amides is 1. The lowest BCUT2D eigenvalue weighted by atomic mass is 10.0. The van der Waals surface area contributed by atoms with Crippen LogP contribution in [0.15, 0.2) is 24.3 Å². The van der Waals surface area contributed by atoms with E-state index in [1.165, 1.54) is 5.56 Å². The maximum absolute atomic E-state index is 12.1. The molecule has 1 spiro atoms. The third-order valence-corrected chi connectivity index (χ3v) is 4.13. The fourth-order valence-corrected chi connectivity index (χ4v) is 2.88. The molecule has 2 saturated heterocycles. The van der Waals surface area contributed by atoms with Gasteiger partial charge in [0.2, 0.25) is 5.91 Å². The van der Waals surface area contributed by atoms with Crippen molar-refractivity contribution < 1.29 is 14.3 Å². The third kappa shape index (κ3) is 3.61. The molecule has 0 aromatic heterocycles. The molecular formula is C16H22N2O3. The van der Waals surface area contributed by atoms with Gasteiger partial charge in [0.1, 0.15) is 0 Å². The summed E-state index contributed by atoms with van der Waals surface area (Å²) in [6.07, 6.45) is 1.68. The van der Waals surface area contributed by atoms with Crippen LogP contribution in [0.3, 0.4) is 0 Å². The van der Waals surface area contributed by atoms with E-state index in [2.05, 4.69) is 10.2 Å². The Morgan fingerprint density at radius 1 is 1.19 bits per heavy atom. The first-order valence-corrected chi connectivity index (χ1v) is 7.52. The number of rotatable bonds is 3. The molecule has 0 aliphatic carbocycles. The van der Waals surface area contributed by atoms with E-state index in [4.69, 9.17) is 9.47 Å². The van der Waals surface area contributed by atoms with Gasteiger partial charge in [0.05, 0.1) is 19.8 Å². The summed E-state index contributed by atoms with van der Waals surface area (Å²) < 4.78 is 11.4. The first kappa shape index (κ1) is 14.5. The van der Waals surface area contributed by atoms with Gasteiger partial charge in [-0.1, -0.05) is 17.7 Å². The van der Waals surface area contributed by atoms with Crippen LogP contribution in [0.25, 0.3) is 0 Å². The number of anilines is 1. The number of piperidine rings is 1. The summed E-state index contributed by atoms with van der Waals surface area (Å²) in [5, 5.41) is 2.93. The predicted octanol–water partition coefficient (Wildman–Crippen LogP) is 1.77. The minimum absolute atomic E-state index is 0.0306. The number of likely N-dealkylation sites (tertiary alicyclic amines) is 1. The lowest BCUT2D eigenvalue weighted by Gasteiger charge is -2.37. The molecule has 2 aliphatic rings. The van der Waals surface area contributed by atoms with Crippen LogP contribution in [0.2, 0.25) is 0 Å². The van der Waals surface area contributed by atoms with Gasteiger partial charge >= 0.3 is 0 Å². The normalized spacial score (nSPS) is 21.6. The van der Waals surface area contributed by atoms with Crippen LogP contribution >= 0.6 is 0 Å². The Labute approximate surface area is 125 Å². The summed E-state index contributed by atoms with van der Waals surface area (Å²) >= 11 is 0. The highest BCUT2D eigenvalue weighted by Crippen LogP contribution is 2.31. The number of benzene rings is 1. The van der Waals surface area contributed by atoms with Crippen LogP contribution in [0.4, 0.5) is 5.69 Å². The molecule has 5 heteroatoms. The highest BCUT2D eigenvalue weighted by Gasteiger charge is 2.39. The smallest absolute Gasteiger partial charge is 0.238 e. The highest BCUT2D eigenvalue weighted by molar-refractivity contribution is 5.92. The average Bonchev–Trinajstić information content (AvgIpc) is 2.93. The Hall–Kier alpha value is -1.43. The van der Waals surface area contributed by atoms with E-state index >= 15 is 0 Å². The zero-order valence-corrected chi connectivity index (χ0v) is 12.4. The van der Waals surface area contributed by atoms with Gasteiger partial charge in [-0.15, -0.1) is 0 Å². The van der Waals surface area contributed by atoms with E-state index in [0.717, 1.165) is 31.6 Å². The van der Waals surface area contributed by atoms with E-state index in [9.17, 15) is 4.79 Å². The van der Waals surface area contributed by atoms with Crippen molar-refractivity contribution in [3.8, 4) is 0 Å². The van der Waals surface area contributed by atoms with Gasteiger partial charge in [-0.05, 0) is 19.1 Å². The zero-order valence-electron chi connectivity index (χ0n) is 12.4. The maximum atomic E-state index is 12.1. The minimum Gasteiger partial charge on any atom is -0.347 e. The number of carbonyl (C=O) groups is 1. The van der Waals surface area contributed by atoms with Crippen molar-refractivity contribution in [3.63, 3.8) is 0 Å². The lowest BCUT2D eigenvalue weighted by molar-refractivity contribution is -0.185. The van der Waals surface area contributed by atoms with E-state index < -0.39 is 0 Å². The molecule has 1 aromatic carbocycles. The van der Waals surface area contributed by atoms with Crippen molar-refractivity contribution >= 4 is 11.6 Å². The van der Waals surface area contributed by atoms with Crippen molar-refractivity contribution in [2.75, 3.05) is 38.2 Å². The standard InChI is InChI=1S/C16H22N2O3/c1-13-2-4-14(5-3-13)17-15(19)12-18-8-6-16(7-9-18)20-10-11-21-16/h2-5H,6-12H2,1H3,(H,17,19). The molecule has 0 saturated carbocycles.